The lowest BCUT2D eigenvalue weighted by Gasteiger charge is -2.18. The first-order valence-electron chi connectivity index (χ1n) is 12.2. The van der Waals surface area contributed by atoms with Crippen LogP contribution in [0.25, 0.3) is 16.7 Å². The maximum Gasteiger partial charge on any atom is 0.247 e. The van der Waals surface area contributed by atoms with E-state index in [9.17, 15) is 4.79 Å². The second-order valence-corrected chi connectivity index (χ2v) is 8.77. The smallest absolute Gasteiger partial charge is 0.247 e. The van der Waals surface area contributed by atoms with Gasteiger partial charge in [0.25, 0.3) is 0 Å². The van der Waals surface area contributed by atoms with Gasteiger partial charge >= 0.3 is 0 Å². The summed E-state index contributed by atoms with van der Waals surface area (Å²) in [5.74, 6) is 1.94. The van der Waals surface area contributed by atoms with Crippen molar-refractivity contribution in [2.24, 2.45) is 0 Å². The molecule has 0 spiro atoms. The van der Waals surface area contributed by atoms with Crippen molar-refractivity contribution in [2.75, 3.05) is 62.6 Å². The number of para-hydroxylation sites is 1. The summed E-state index contributed by atoms with van der Waals surface area (Å²) in [5.41, 5.74) is 2.82. The molecule has 0 aliphatic heterocycles. The molecule has 0 aliphatic carbocycles. The van der Waals surface area contributed by atoms with Crippen molar-refractivity contribution in [3.8, 4) is 11.6 Å². The third-order valence-corrected chi connectivity index (χ3v) is 5.81. The van der Waals surface area contributed by atoms with Crippen molar-refractivity contribution in [3.63, 3.8) is 0 Å². The highest BCUT2D eigenvalue weighted by molar-refractivity contribution is 6.02. The van der Waals surface area contributed by atoms with E-state index in [1.165, 1.54) is 6.08 Å². The fourth-order valence-corrected chi connectivity index (χ4v) is 3.97. The second kappa shape index (κ2) is 12.1. The van der Waals surface area contributed by atoms with Gasteiger partial charge in [-0.15, -0.1) is 5.10 Å². The van der Waals surface area contributed by atoms with Gasteiger partial charge in [-0.05, 0) is 51.3 Å². The van der Waals surface area contributed by atoms with Gasteiger partial charge in [-0.25, -0.2) is 9.67 Å². The highest BCUT2D eigenvalue weighted by atomic mass is 16.5. The minimum Gasteiger partial charge on any atom is -0.494 e. The molecule has 198 valence electrons. The molecular weight excluding hydrogens is 482 g/mol. The number of nitrogens with one attached hydrogen (secondary N) is 4. The van der Waals surface area contributed by atoms with Gasteiger partial charge in [-0.3, -0.25) is 4.79 Å². The SMILES string of the molecule is C=CC(=O)Nc1cc(Nc2nccc(-n3nc(NC)c4ccccc43)n2)c(OC)cc1NCCCN(C)C. The average Bonchev–Trinajstić information content (AvgIpc) is 3.31. The quantitative estimate of drug-likeness (QED) is 0.163. The Morgan fingerprint density at radius 1 is 1.16 bits per heavy atom. The lowest BCUT2D eigenvalue weighted by molar-refractivity contribution is -0.111. The van der Waals surface area contributed by atoms with Crippen LogP contribution in [0.2, 0.25) is 0 Å². The molecule has 0 atom stereocenters. The molecule has 1 amide bonds. The number of hydrogen-bond acceptors (Lipinski definition) is 9. The molecule has 0 saturated heterocycles. The number of hydrogen-bond donors (Lipinski definition) is 4. The van der Waals surface area contributed by atoms with Gasteiger partial charge in [-0.2, -0.15) is 4.98 Å². The molecule has 2 aromatic carbocycles. The van der Waals surface area contributed by atoms with E-state index in [-0.39, 0.29) is 5.91 Å². The summed E-state index contributed by atoms with van der Waals surface area (Å²) in [5, 5.41) is 18.3. The van der Waals surface area contributed by atoms with Crippen LogP contribution in [0.15, 0.2) is 61.3 Å². The van der Waals surface area contributed by atoms with E-state index in [0.29, 0.717) is 28.9 Å². The highest BCUT2D eigenvalue weighted by Crippen LogP contribution is 2.36. The second-order valence-electron chi connectivity index (χ2n) is 8.77. The van der Waals surface area contributed by atoms with Crippen LogP contribution in [0, 0.1) is 0 Å². The van der Waals surface area contributed by atoms with Gasteiger partial charge < -0.3 is 30.9 Å². The number of rotatable bonds is 12. The van der Waals surface area contributed by atoms with Crippen LogP contribution >= 0.6 is 0 Å². The summed E-state index contributed by atoms with van der Waals surface area (Å²) in [6.45, 7) is 5.22. The van der Waals surface area contributed by atoms with Crippen molar-refractivity contribution in [2.45, 2.75) is 6.42 Å². The number of aromatic nitrogens is 4. The number of nitrogens with zero attached hydrogens (tertiary/aromatic N) is 5. The van der Waals surface area contributed by atoms with E-state index in [0.717, 1.165) is 41.9 Å². The third kappa shape index (κ3) is 6.01. The molecule has 0 saturated carbocycles. The van der Waals surface area contributed by atoms with E-state index in [4.69, 9.17) is 4.74 Å². The van der Waals surface area contributed by atoms with Gasteiger partial charge in [0.1, 0.15) is 5.75 Å². The number of anilines is 5. The zero-order chi connectivity index (χ0) is 27.1. The molecule has 0 fully saturated rings. The van der Waals surface area contributed by atoms with Crippen molar-refractivity contribution < 1.29 is 9.53 Å². The lowest BCUT2D eigenvalue weighted by Crippen LogP contribution is -2.17. The van der Waals surface area contributed by atoms with E-state index < -0.39 is 0 Å². The molecule has 38 heavy (non-hydrogen) atoms. The van der Waals surface area contributed by atoms with Gasteiger partial charge in [-0.1, -0.05) is 18.7 Å². The van der Waals surface area contributed by atoms with Gasteiger partial charge in [0.2, 0.25) is 11.9 Å². The minimum atomic E-state index is -0.318. The standard InChI is InChI=1S/C27H33N9O2/c1-6-25(37)31-20-16-21(23(38-5)17-19(20)29-13-9-15-35(3)4)32-27-30-14-12-24(33-27)36-22-11-8-7-10-18(22)26(28-2)34-36/h6-8,10-12,14,16-17,29H,1,9,13,15H2,2-5H3,(H,28,34)(H,31,37)(H,30,32,33). The summed E-state index contributed by atoms with van der Waals surface area (Å²) < 4.78 is 7.42. The number of ether oxygens (including phenoxy) is 1. The van der Waals surface area contributed by atoms with Crippen LogP contribution in [0.4, 0.5) is 28.8 Å². The summed E-state index contributed by atoms with van der Waals surface area (Å²) in [7, 11) is 7.49. The molecule has 11 heteroatoms. The molecule has 11 nitrogen and oxygen atoms in total. The first-order chi connectivity index (χ1) is 18.4. The molecule has 4 aromatic rings. The number of benzene rings is 2. The first-order valence-corrected chi connectivity index (χ1v) is 12.2. The van der Waals surface area contributed by atoms with Crippen LogP contribution < -0.4 is 26.0 Å². The number of carbonyl (C=O) groups is 1. The molecule has 2 aromatic heterocycles. The average molecular weight is 516 g/mol. The van der Waals surface area contributed by atoms with Crippen molar-refractivity contribution in [1.82, 2.24) is 24.6 Å². The zero-order valence-corrected chi connectivity index (χ0v) is 22.1. The predicted octanol–water partition coefficient (Wildman–Crippen LogP) is 4.10. The largest absolute Gasteiger partial charge is 0.494 e. The minimum absolute atomic E-state index is 0.318. The molecule has 0 aliphatic rings. The normalized spacial score (nSPS) is 10.9. The van der Waals surface area contributed by atoms with Crippen LogP contribution in [-0.4, -0.2) is 71.9 Å². The van der Waals surface area contributed by atoms with E-state index in [1.807, 2.05) is 51.5 Å². The Kier molecular flexibility index (Phi) is 8.39. The Hall–Kier alpha value is -4.64. The Balaban J connectivity index is 1.66. The Morgan fingerprint density at radius 2 is 1.97 bits per heavy atom. The topological polar surface area (TPSA) is 121 Å². The van der Waals surface area contributed by atoms with E-state index >= 15 is 0 Å². The maximum absolute atomic E-state index is 12.2. The zero-order valence-electron chi connectivity index (χ0n) is 22.1. The molecule has 2 heterocycles. The van der Waals surface area contributed by atoms with Gasteiger partial charge in [0.05, 0.1) is 29.7 Å². The van der Waals surface area contributed by atoms with Crippen LogP contribution in [0.1, 0.15) is 6.42 Å². The summed E-state index contributed by atoms with van der Waals surface area (Å²) in [4.78, 5) is 23.4. The molecule has 0 radical (unpaired) electrons. The number of methoxy groups -OCH3 is 1. The van der Waals surface area contributed by atoms with Crippen molar-refractivity contribution in [3.05, 3.63) is 61.3 Å². The number of amides is 1. The Morgan fingerprint density at radius 3 is 2.71 bits per heavy atom. The fourth-order valence-electron chi connectivity index (χ4n) is 3.97. The van der Waals surface area contributed by atoms with Gasteiger partial charge in [0, 0.05) is 37.3 Å². The molecule has 0 bridgehead atoms. The molecule has 0 unspecified atom stereocenters. The predicted molar refractivity (Wildman–Crippen MR) is 153 cm³/mol. The van der Waals surface area contributed by atoms with Gasteiger partial charge in [0.15, 0.2) is 11.6 Å². The maximum atomic E-state index is 12.2. The fraction of sp³-hybridized carbons (Fsp3) is 0.259. The molecular formula is C27H33N9O2. The number of carbonyl (C=O) groups excluding carboxylic acids is 1. The summed E-state index contributed by atoms with van der Waals surface area (Å²) in [6, 6.07) is 13.3. The van der Waals surface area contributed by atoms with Crippen LogP contribution in [0.3, 0.4) is 0 Å². The monoisotopic (exact) mass is 515 g/mol. The van der Waals surface area contributed by atoms with Crippen molar-refractivity contribution >= 4 is 45.6 Å². The van der Waals surface area contributed by atoms with E-state index in [2.05, 4.69) is 47.8 Å². The van der Waals surface area contributed by atoms with E-state index in [1.54, 1.807) is 30.1 Å². The Labute approximate surface area is 221 Å². The highest BCUT2D eigenvalue weighted by Gasteiger charge is 2.15. The Bertz CT molecular complexity index is 1430. The summed E-state index contributed by atoms with van der Waals surface area (Å²) >= 11 is 0. The van der Waals surface area contributed by atoms with Crippen molar-refractivity contribution in [1.29, 1.82) is 0 Å². The number of fused-ring (bicyclic) bond motifs is 1. The lowest BCUT2D eigenvalue weighted by atomic mass is 10.2. The van der Waals surface area contributed by atoms with Crippen LogP contribution in [-0.2, 0) is 4.79 Å². The molecule has 4 N–H and O–H groups in total. The third-order valence-electron chi connectivity index (χ3n) is 5.81. The first kappa shape index (κ1) is 26.4. The van der Waals surface area contributed by atoms with Crippen LogP contribution in [0.5, 0.6) is 5.75 Å². The summed E-state index contributed by atoms with van der Waals surface area (Å²) in [6.07, 6.45) is 3.82. The molecule has 4 rings (SSSR count).